The molecule has 0 atom stereocenters. The number of esters is 1. The van der Waals surface area contributed by atoms with Crippen LogP contribution in [0.4, 0.5) is 0 Å². The maximum atomic E-state index is 12.7. The minimum Gasteiger partial charge on any atom is -0.465 e. The van der Waals surface area contributed by atoms with Gasteiger partial charge in [0.1, 0.15) is 0 Å². The van der Waals surface area contributed by atoms with Gasteiger partial charge in [-0.1, -0.05) is 11.6 Å². The highest BCUT2D eigenvalue weighted by atomic mass is 35.5. The molecule has 4 nitrogen and oxygen atoms in total. The van der Waals surface area contributed by atoms with E-state index in [-0.39, 0.29) is 29.1 Å². The number of ether oxygens (including phenoxy) is 1. The van der Waals surface area contributed by atoms with Gasteiger partial charge >= 0.3 is 5.97 Å². The summed E-state index contributed by atoms with van der Waals surface area (Å²) in [5, 5.41) is 0.411. The van der Waals surface area contributed by atoms with E-state index in [2.05, 4.69) is 0 Å². The fraction of sp³-hybridized carbons (Fsp3) is 0.467. The second-order valence-electron chi connectivity index (χ2n) is 5.08. The number of nitrogens with zero attached hydrogens (tertiary/aromatic N) is 1. The van der Waals surface area contributed by atoms with Crippen molar-refractivity contribution in [3.05, 3.63) is 34.3 Å². The molecule has 0 saturated carbocycles. The lowest BCUT2D eigenvalue weighted by atomic mass is 10.0. The Hall–Kier alpha value is -1.55. The lowest BCUT2D eigenvalue weighted by Gasteiger charge is -2.31. The van der Waals surface area contributed by atoms with Gasteiger partial charge in [0.2, 0.25) is 0 Å². The van der Waals surface area contributed by atoms with Gasteiger partial charge in [0.05, 0.1) is 18.2 Å². The monoisotopic (exact) mass is 297 g/mol. The van der Waals surface area contributed by atoms with E-state index in [1.807, 2.05) is 27.7 Å². The lowest BCUT2D eigenvalue weighted by Crippen LogP contribution is -2.42. The van der Waals surface area contributed by atoms with E-state index in [4.69, 9.17) is 16.3 Å². The van der Waals surface area contributed by atoms with Crippen LogP contribution in [0.1, 0.15) is 48.4 Å². The first-order valence-corrected chi connectivity index (χ1v) is 6.88. The third-order valence-electron chi connectivity index (χ3n) is 2.96. The number of carbonyl (C=O) groups is 2. The van der Waals surface area contributed by atoms with E-state index in [9.17, 15) is 9.59 Å². The number of methoxy groups -OCH3 is 1. The third kappa shape index (κ3) is 3.51. The van der Waals surface area contributed by atoms with Crippen LogP contribution < -0.4 is 0 Å². The molecule has 0 aromatic heterocycles. The van der Waals surface area contributed by atoms with Gasteiger partial charge in [-0.15, -0.1) is 0 Å². The first-order chi connectivity index (χ1) is 9.29. The van der Waals surface area contributed by atoms with Crippen molar-refractivity contribution in [2.24, 2.45) is 0 Å². The molecule has 20 heavy (non-hydrogen) atoms. The number of amides is 1. The number of carbonyl (C=O) groups excluding carboxylic acids is 2. The van der Waals surface area contributed by atoms with E-state index in [1.54, 1.807) is 11.0 Å². The first kappa shape index (κ1) is 16.5. The predicted molar refractivity (Wildman–Crippen MR) is 79.2 cm³/mol. The van der Waals surface area contributed by atoms with Crippen molar-refractivity contribution in [1.82, 2.24) is 4.90 Å². The minimum atomic E-state index is -0.544. The number of rotatable bonds is 4. The Morgan fingerprint density at radius 2 is 1.65 bits per heavy atom. The van der Waals surface area contributed by atoms with Crippen molar-refractivity contribution >= 4 is 23.5 Å². The molecule has 0 N–H and O–H groups in total. The van der Waals surface area contributed by atoms with Crippen LogP contribution in [-0.2, 0) is 4.74 Å². The van der Waals surface area contributed by atoms with Gasteiger partial charge < -0.3 is 9.64 Å². The van der Waals surface area contributed by atoms with Crippen molar-refractivity contribution in [2.45, 2.75) is 39.8 Å². The topological polar surface area (TPSA) is 46.6 Å². The highest BCUT2D eigenvalue weighted by Gasteiger charge is 2.26. The second kappa shape index (κ2) is 6.75. The summed E-state index contributed by atoms with van der Waals surface area (Å²) in [6, 6.07) is 4.63. The van der Waals surface area contributed by atoms with Crippen LogP contribution >= 0.6 is 11.6 Å². The molecular formula is C15H20ClNO3. The molecule has 0 heterocycles. The molecule has 1 aromatic rings. The van der Waals surface area contributed by atoms with Crippen molar-refractivity contribution in [2.75, 3.05) is 7.11 Å². The highest BCUT2D eigenvalue weighted by Crippen LogP contribution is 2.21. The molecule has 0 saturated heterocycles. The number of hydrogen-bond donors (Lipinski definition) is 0. The molecule has 0 spiro atoms. The van der Waals surface area contributed by atoms with E-state index in [0.29, 0.717) is 5.02 Å². The van der Waals surface area contributed by atoms with E-state index in [0.717, 1.165) is 0 Å². The predicted octanol–water partition coefficient (Wildman–Crippen LogP) is 3.39. The van der Waals surface area contributed by atoms with Crippen molar-refractivity contribution < 1.29 is 14.3 Å². The Kier molecular flexibility index (Phi) is 5.57. The Bertz CT molecular complexity index is 504. The van der Waals surface area contributed by atoms with Crippen LogP contribution in [0.15, 0.2) is 18.2 Å². The number of benzene rings is 1. The largest absolute Gasteiger partial charge is 0.465 e. The lowest BCUT2D eigenvalue weighted by molar-refractivity contribution is 0.0573. The Morgan fingerprint density at radius 3 is 2.10 bits per heavy atom. The van der Waals surface area contributed by atoms with Gasteiger partial charge in [-0.25, -0.2) is 4.79 Å². The molecule has 0 fully saturated rings. The summed E-state index contributed by atoms with van der Waals surface area (Å²) in [5.41, 5.74) is 0.500. The van der Waals surface area contributed by atoms with Gasteiger partial charge in [0.15, 0.2) is 0 Å². The highest BCUT2D eigenvalue weighted by molar-refractivity contribution is 6.31. The van der Waals surface area contributed by atoms with E-state index < -0.39 is 5.97 Å². The van der Waals surface area contributed by atoms with Crippen LogP contribution in [0, 0.1) is 0 Å². The molecule has 1 aromatic carbocycles. The molecule has 0 radical (unpaired) electrons. The normalized spacial score (nSPS) is 10.8. The van der Waals surface area contributed by atoms with E-state index >= 15 is 0 Å². The van der Waals surface area contributed by atoms with Crippen molar-refractivity contribution in [3.8, 4) is 0 Å². The molecule has 1 rings (SSSR count). The van der Waals surface area contributed by atoms with Crippen LogP contribution in [-0.4, -0.2) is 36.0 Å². The third-order valence-corrected chi connectivity index (χ3v) is 3.20. The molecule has 0 aliphatic carbocycles. The molecular weight excluding hydrogens is 278 g/mol. The van der Waals surface area contributed by atoms with Crippen LogP contribution in [0.3, 0.4) is 0 Å². The van der Waals surface area contributed by atoms with Gasteiger partial charge in [0.25, 0.3) is 5.91 Å². The molecule has 0 aliphatic heterocycles. The SMILES string of the molecule is COC(=O)c1ccc(Cl)cc1C(=O)N(C(C)C)C(C)C. The smallest absolute Gasteiger partial charge is 0.338 e. The standard InChI is InChI=1S/C15H20ClNO3/c1-9(2)17(10(3)4)14(18)13-8-11(16)6-7-12(13)15(19)20-5/h6-10H,1-5H3. The minimum absolute atomic E-state index is 0.0204. The molecule has 5 heteroatoms. The molecule has 0 bridgehead atoms. The maximum absolute atomic E-state index is 12.7. The number of hydrogen-bond acceptors (Lipinski definition) is 3. The summed E-state index contributed by atoms with van der Waals surface area (Å²) in [5.74, 6) is -0.768. The Morgan fingerprint density at radius 1 is 1.10 bits per heavy atom. The maximum Gasteiger partial charge on any atom is 0.338 e. The fourth-order valence-electron chi connectivity index (χ4n) is 2.19. The molecule has 110 valence electrons. The zero-order valence-electron chi connectivity index (χ0n) is 12.4. The second-order valence-corrected chi connectivity index (χ2v) is 5.52. The summed E-state index contributed by atoms with van der Waals surface area (Å²) in [6.07, 6.45) is 0. The fourth-order valence-corrected chi connectivity index (χ4v) is 2.36. The summed E-state index contributed by atoms with van der Waals surface area (Å²) >= 11 is 5.95. The molecule has 0 aliphatic rings. The summed E-state index contributed by atoms with van der Waals surface area (Å²) in [6.45, 7) is 7.72. The van der Waals surface area contributed by atoms with Gasteiger partial charge in [-0.3, -0.25) is 4.79 Å². The van der Waals surface area contributed by atoms with Crippen LogP contribution in [0.2, 0.25) is 5.02 Å². The zero-order chi connectivity index (χ0) is 15.4. The quantitative estimate of drug-likeness (QED) is 0.800. The Balaban J connectivity index is 3.33. The first-order valence-electron chi connectivity index (χ1n) is 6.50. The molecule has 1 amide bonds. The van der Waals surface area contributed by atoms with Crippen LogP contribution in [0.25, 0.3) is 0 Å². The van der Waals surface area contributed by atoms with Crippen molar-refractivity contribution in [1.29, 1.82) is 0 Å². The average Bonchev–Trinajstić information content (AvgIpc) is 2.36. The van der Waals surface area contributed by atoms with Gasteiger partial charge in [-0.05, 0) is 45.9 Å². The van der Waals surface area contributed by atoms with Crippen molar-refractivity contribution in [3.63, 3.8) is 0 Å². The summed E-state index contributed by atoms with van der Waals surface area (Å²) in [7, 11) is 1.29. The van der Waals surface area contributed by atoms with Gasteiger partial charge in [0, 0.05) is 17.1 Å². The Labute approximate surface area is 124 Å². The summed E-state index contributed by atoms with van der Waals surface area (Å²) in [4.78, 5) is 26.2. The zero-order valence-corrected chi connectivity index (χ0v) is 13.2. The molecule has 0 unspecified atom stereocenters. The van der Waals surface area contributed by atoms with Gasteiger partial charge in [-0.2, -0.15) is 0 Å². The van der Waals surface area contributed by atoms with Crippen LogP contribution in [0.5, 0.6) is 0 Å². The van der Waals surface area contributed by atoms with E-state index in [1.165, 1.54) is 19.2 Å². The average molecular weight is 298 g/mol. The summed E-state index contributed by atoms with van der Waals surface area (Å²) < 4.78 is 4.71. The number of halogens is 1.